The van der Waals surface area contributed by atoms with Crippen LogP contribution in [-0.2, 0) is 27.7 Å². The number of fused-ring (bicyclic) bond motifs is 1. The zero-order valence-electron chi connectivity index (χ0n) is 18.9. The molecule has 0 saturated carbocycles. The van der Waals surface area contributed by atoms with Crippen LogP contribution in [0.15, 0.2) is 29.2 Å². The standard InChI is InChI=1S/C22H30N4O4S2/c1-14(2)25-10-9-19-20(13-25)31-22(23-19)24-21(27)17-5-7-18(8-6-17)32(28,29)26-11-15(3)30-16(4)12-26/h5-8,14-16H,9-13H2,1-4H3,(H,23,24,27). The minimum atomic E-state index is -3.64. The minimum Gasteiger partial charge on any atom is -0.373 e. The Bertz CT molecular complexity index is 1070. The van der Waals surface area contributed by atoms with Crippen molar-refractivity contribution in [3.63, 3.8) is 0 Å². The molecule has 1 amide bonds. The van der Waals surface area contributed by atoms with Gasteiger partial charge in [-0.3, -0.25) is 15.0 Å². The summed E-state index contributed by atoms with van der Waals surface area (Å²) < 4.78 is 33.1. The molecule has 2 atom stereocenters. The molecule has 4 rings (SSSR count). The molecule has 174 valence electrons. The summed E-state index contributed by atoms with van der Waals surface area (Å²) in [5, 5.41) is 3.45. The summed E-state index contributed by atoms with van der Waals surface area (Å²) in [5.41, 5.74) is 1.45. The highest BCUT2D eigenvalue weighted by Crippen LogP contribution is 2.29. The lowest BCUT2D eigenvalue weighted by molar-refractivity contribution is -0.0440. The number of ether oxygens (including phenoxy) is 1. The summed E-state index contributed by atoms with van der Waals surface area (Å²) in [7, 11) is -3.64. The van der Waals surface area contributed by atoms with Gasteiger partial charge in [0.05, 0.1) is 22.8 Å². The first kappa shape index (κ1) is 23.3. The summed E-state index contributed by atoms with van der Waals surface area (Å²) in [6.07, 6.45) is 0.566. The molecule has 8 nitrogen and oxygen atoms in total. The fourth-order valence-electron chi connectivity index (χ4n) is 4.13. The van der Waals surface area contributed by atoms with Crippen molar-refractivity contribution >= 4 is 32.4 Å². The number of hydrogen-bond acceptors (Lipinski definition) is 7. The van der Waals surface area contributed by atoms with E-state index < -0.39 is 10.0 Å². The number of nitrogens with one attached hydrogen (secondary N) is 1. The van der Waals surface area contributed by atoms with E-state index in [-0.39, 0.29) is 23.0 Å². The number of carbonyl (C=O) groups is 1. The molecule has 3 heterocycles. The Morgan fingerprint density at radius 2 is 1.84 bits per heavy atom. The van der Waals surface area contributed by atoms with Gasteiger partial charge in [0.2, 0.25) is 10.0 Å². The van der Waals surface area contributed by atoms with E-state index in [0.29, 0.717) is 29.8 Å². The number of morpholine rings is 1. The fraction of sp³-hybridized carbons (Fsp3) is 0.545. The van der Waals surface area contributed by atoms with Crippen molar-refractivity contribution < 1.29 is 17.9 Å². The van der Waals surface area contributed by atoms with Crippen molar-refractivity contribution in [1.82, 2.24) is 14.2 Å². The number of nitrogens with zero attached hydrogens (tertiary/aromatic N) is 3. The quantitative estimate of drug-likeness (QED) is 0.710. The molecule has 1 aromatic carbocycles. The number of benzene rings is 1. The molecule has 2 aromatic rings. The van der Waals surface area contributed by atoms with Gasteiger partial charge in [0.1, 0.15) is 0 Å². The number of rotatable bonds is 5. The summed E-state index contributed by atoms with van der Waals surface area (Å²) in [5.74, 6) is -0.297. The van der Waals surface area contributed by atoms with Crippen LogP contribution in [0.1, 0.15) is 48.6 Å². The number of aromatic nitrogens is 1. The molecule has 32 heavy (non-hydrogen) atoms. The molecular weight excluding hydrogens is 448 g/mol. The molecule has 0 aliphatic carbocycles. The third-order valence-corrected chi connectivity index (χ3v) is 8.70. The van der Waals surface area contributed by atoms with E-state index in [1.54, 1.807) is 12.1 Å². The predicted molar refractivity (Wildman–Crippen MR) is 125 cm³/mol. The first-order chi connectivity index (χ1) is 15.1. The second-order valence-corrected chi connectivity index (χ2v) is 11.8. The summed E-state index contributed by atoms with van der Waals surface area (Å²) >= 11 is 1.51. The Hall–Kier alpha value is -1.85. The molecule has 1 saturated heterocycles. The van der Waals surface area contributed by atoms with Gasteiger partial charge in [0.25, 0.3) is 5.91 Å². The summed E-state index contributed by atoms with van der Waals surface area (Å²) in [4.78, 5) is 21.1. The smallest absolute Gasteiger partial charge is 0.257 e. The van der Waals surface area contributed by atoms with Crippen molar-refractivity contribution in [2.45, 2.75) is 63.8 Å². The second kappa shape index (κ2) is 9.18. The molecule has 1 aromatic heterocycles. The molecule has 2 aliphatic heterocycles. The highest BCUT2D eigenvalue weighted by atomic mass is 32.2. The van der Waals surface area contributed by atoms with E-state index in [2.05, 4.69) is 29.0 Å². The van der Waals surface area contributed by atoms with Gasteiger partial charge >= 0.3 is 0 Å². The summed E-state index contributed by atoms with van der Waals surface area (Å²) in [6, 6.07) is 6.54. The van der Waals surface area contributed by atoms with Crippen LogP contribution >= 0.6 is 11.3 Å². The van der Waals surface area contributed by atoms with Gasteiger partial charge in [0.15, 0.2) is 5.13 Å². The van der Waals surface area contributed by atoms with E-state index in [9.17, 15) is 13.2 Å². The normalized spacial score (nSPS) is 22.7. The molecule has 1 fully saturated rings. The maximum Gasteiger partial charge on any atom is 0.257 e. The molecule has 1 N–H and O–H groups in total. The van der Waals surface area contributed by atoms with Gasteiger partial charge in [-0.15, -0.1) is 11.3 Å². The lowest BCUT2D eigenvalue weighted by Gasteiger charge is -2.34. The molecule has 0 bridgehead atoms. The topological polar surface area (TPSA) is 91.8 Å². The van der Waals surface area contributed by atoms with Gasteiger partial charge in [-0.05, 0) is 52.0 Å². The first-order valence-corrected chi connectivity index (χ1v) is 13.2. The fourth-order valence-corrected chi connectivity index (χ4v) is 6.75. The van der Waals surface area contributed by atoms with Crippen molar-refractivity contribution in [3.8, 4) is 0 Å². The molecule has 2 unspecified atom stereocenters. The average Bonchev–Trinajstić information content (AvgIpc) is 3.14. The third kappa shape index (κ3) is 4.89. The van der Waals surface area contributed by atoms with Crippen molar-refractivity contribution in [2.75, 3.05) is 25.0 Å². The van der Waals surface area contributed by atoms with Crippen molar-refractivity contribution in [1.29, 1.82) is 0 Å². The van der Waals surface area contributed by atoms with E-state index in [1.165, 1.54) is 32.7 Å². The van der Waals surface area contributed by atoms with Gasteiger partial charge in [-0.1, -0.05) is 0 Å². The Morgan fingerprint density at radius 1 is 1.19 bits per heavy atom. The molecule has 2 aliphatic rings. The van der Waals surface area contributed by atoms with E-state index >= 15 is 0 Å². The second-order valence-electron chi connectivity index (χ2n) is 8.76. The van der Waals surface area contributed by atoms with Crippen LogP contribution in [0.4, 0.5) is 5.13 Å². The largest absolute Gasteiger partial charge is 0.373 e. The van der Waals surface area contributed by atoms with Crippen molar-refractivity contribution in [2.24, 2.45) is 0 Å². The highest BCUT2D eigenvalue weighted by Gasteiger charge is 2.32. The van der Waals surface area contributed by atoms with Crippen LogP contribution in [0.25, 0.3) is 0 Å². The van der Waals surface area contributed by atoms with Crippen LogP contribution in [0, 0.1) is 0 Å². The first-order valence-electron chi connectivity index (χ1n) is 10.9. The van der Waals surface area contributed by atoms with E-state index in [4.69, 9.17) is 4.74 Å². The average molecular weight is 479 g/mol. The molecule has 0 radical (unpaired) electrons. The van der Waals surface area contributed by atoms with Crippen LogP contribution in [-0.4, -0.2) is 66.4 Å². The molecule has 10 heteroatoms. The zero-order valence-corrected chi connectivity index (χ0v) is 20.5. The SMILES string of the molecule is CC1CN(S(=O)(=O)c2ccc(C(=O)Nc3nc4c(s3)CN(C(C)C)CC4)cc2)CC(C)O1. The van der Waals surface area contributed by atoms with Gasteiger partial charge in [-0.25, -0.2) is 13.4 Å². The lowest BCUT2D eigenvalue weighted by Crippen LogP contribution is -2.48. The van der Waals surface area contributed by atoms with Crippen LogP contribution < -0.4 is 5.32 Å². The minimum absolute atomic E-state index is 0.157. The lowest BCUT2D eigenvalue weighted by atomic mass is 10.1. The Balaban J connectivity index is 1.44. The van der Waals surface area contributed by atoms with E-state index in [1.807, 2.05) is 13.8 Å². The zero-order chi connectivity index (χ0) is 23.0. The van der Waals surface area contributed by atoms with Gasteiger partial charge < -0.3 is 4.74 Å². The summed E-state index contributed by atoms with van der Waals surface area (Å²) in [6.45, 7) is 10.5. The number of amides is 1. The maximum atomic E-state index is 13.0. The van der Waals surface area contributed by atoms with E-state index in [0.717, 1.165) is 25.2 Å². The Kier molecular flexibility index (Phi) is 6.69. The number of hydrogen-bond donors (Lipinski definition) is 1. The monoisotopic (exact) mass is 478 g/mol. The third-order valence-electron chi connectivity index (χ3n) is 5.85. The van der Waals surface area contributed by atoms with Crippen molar-refractivity contribution in [3.05, 3.63) is 40.4 Å². The number of anilines is 1. The van der Waals surface area contributed by atoms with Gasteiger partial charge in [0, 0.05) is 49.1 Å². The molecular formula is C22H30N4O4S2. The Labute approximate surface area is 193 Å². The number of thiazole rings is 1. The van der Waals surface area contributed by atoms with Crippen LogP contribution in [0.3, 0.4) is 0 Å². The number of sulfonamides is 1. The number of carbonyl (C=O) groups excluding carboxylic acids is 1. The Morgan fingerprint density at radius 3 is 2.47 bits per heavy atom. The van der Waals surface area contributed by atoms with Gasteiger partial charge in [-0.2, -0.15) is 4.31 Å². The predicted octanol–water partition coefficient (Wildman–Crippen LogP) is 2.96. The van der Waals surface area contributed by atoms with Crippen LogP contribution in [0.5, 0.6) is 0 Å². The highest BCUT2D eigenvalue weighted by molar-refractivity contribution is 7.89. The van der Waals surface area contributed by atoms with Crippen LogP contribution in [0.2, 0.25) is 0 Å². The maximum absolute atomic E-state index is 13.0. The molecule has 0 spiro atoms.